The second-order valence-electron chi connectivity index (χ2n) is 6.27. The van der Waals surface area contributed by atoms with Crippen molar-refractivity contribution in [3.05, 3.63) is 42.3 Å². The van der Waals surface area contributed by atoms with Crippen molar-refractivity contribution in [2.45, 2.75) is 44.1 Å². The van der Waals surface area contributed by atoms with Gasteiger partial charge >= 0.3 is 0 Å². The molecule has 1 saturated heterocycles. The zero-order valence-corrected chi connectivity index (χ0v) is 12.5. The summed E-state index contributed by atoms with van der Waals surface area (Å²) >= 11 is 0. The standard InChI is InChI=1S/C18H24NO2/c20-17(19-13-7-2-8-14-19)18(21,16-11-5-6-12-16)15-9-3-1-4-10-15/h1-4,9-10,16,21H,5-8,11-14H2/t18-/m0/s1. The molecule has 3 heteroatoms. The number of benzene rings is 1. The van der Waals surface area contributed by atoms with Gasteiger partial charge in [0.15, 0.2) is 5.60 Å². The van der Waals surface area contributed by atoms with E-state index >= 15 is 0 Å². The van der Waals surface area contributed by atoms with Crippen LogP contribution in [0.1, 0.15) is 44.1 Å². The molecule has 1 heterocycles. The van der Waals surface area contributed by atoms with Gasteiger partial charge in [-0.15, -0.1) is 0 Å². The van der Waals surface area contributed by atoms with Gasteiger partial charge in [0.25, 0.3) is 5.91 Å². The summed E-state index contributed by atoms with van der Waals surface area (Å²) in [4.78, 5) is 14.9. The molecule has 1 aromatic rings. The van der Waals surface area contributed by atoms with Crippen molar-refractivity contribution in [3.63, 3.8) is 0 Å². The van der Waals surface area contributed by atoms with Crippen LogP contribution in [0.5, 0.6) is 0 Å². The van der Waals surface area contributed by atoms with Gasteiger partial charge in [-0.05, 0) is 37.7 Å². The van der Waals surface area contributed by atoms with Crippen LogP contribution < -0.4 is 0 Å². The van der Waals surface area contributed by atoms with Crippen molar-refractivity contribution in [2.24, 2.45) is 5.92 Å². The molecule has 1 aliphatic heterocycles. The van der Waals surface area contributed by atoms with Crippen LogP contribution in [0, 0.1) is 12.3 Å². The SMILES string of the molecule is O=C(N1CC[CH]CC1)[C@](O)(c1ccccc1)C1CCCC1. The average Bonchev–Trinajstić information content (AvgIpc) is 3.10. The van der Waals surface area contributed by atoms with Crippen LogP contribution in [0.25, 0.3) is 0 Å². The van der Waals surface area contributed by atoms with Gasteiger partial charge in [0.1, 0.15) is 0 Å². The van der Waals surface area contributed by atoms with E-state index in [0.717, 1.165) is 57.2 Å². The summed E-state index contributed by atoms with van der Waals surface area (Å²) in [6.07, 6.45) is 8.19. The summed E-state index contributed by atoms with van der Waals surface area (Å²) < 4.78 is 0. The number of rotatable bonds is 3. The third-order valence-corrected chi connectivity index (χ3v) is 4.98. The molecule has 3 nitrogen and oxygen atoms in total. The van der Waals surface area contributed by atoms with Crippen molar-refractivity contribution < 1.29 is 9.90 Å². The van der Waals surface area contributed by atoms with E-state index in [1.165, 1.54) is 0 Å². The first-order valence-electron chi connectivity index (χ1n) is 8.12. The number of amides is 1. The van der Waals surface area contributed by atoms with E-state index in [9.17, 15) is 9.90 Å². The van der Waals surface area contributed by atoms with Gasteiger partial charge < -0.3 is 10.0 Å². The van der Waals surface area contributed by atoms with E-state index in [4.69, 9.17) is 0 Å². The molecular weight excluding hydrogens is 262 g/mol. The molecule has 1 aromatic carbocycles. The van der Waals surface area contributed by atoms with Gasteiger partial charge in [0.2, 0.25) is 0 Å². The Kier molecular flexibility index (Phi) is 4.29. The molecule has 21 heavy (non-hydrogen) atoms. The number of likely N-dealkylation sites (tertiary alicyclic amines) is 1. The van der Waals surface area contributed by atoms with Crippen molar-refractivity contribution >= 4 is 5.91 Å². The van der Waals surface area contributed by atoms with Crippen LogP contribution >= 0.6 is 0 Å². The Balaban J connectivity index is 1.93. The van der Waals surface area contributed by atoms with Crippen LogP contribution in [0.4, 0.5) is 0 Å². The van der Waals surface area contributed by atoms with Crippen molar-refractivity contribution in [2.75, 3.05) is 13.1 Å². The molecular formula is C18H24NO2. The first kappa shape index (κ1) is 14.6. The molecule has 2 fully saturated rings. The highest BCUT2D eigenvalue weighted by Gasteiger charge is 2.48. The van der Waals surface area contributed by atoms with Gasteiger partial charge in [-0.1, -0.05) is 43.2 Å². The molecule has 1 N–H and O–H groups in total. The van der Waals surface area contributed by atoms with E-state index < -0.39 is 5.60 Å². The van der Waals surface area contributed by atoms with Crippen LogP contribution in [0.3, 0.4) is 0 Å². The summed E-state index contributed by atoms with van der Waals surface area (Å²) in [6.45, 7) is 1.47. The van der Waals surface area contributed by atoms with Gasteiger partial charge in [-0.25, -0.2) is 0 Å². The topological polar surface area (TPSA) is 40.5 Å². The zero-order valence-electron chi connectivity index (χ0n) is 12.5. The van der Waals surface area contributed by atoms with Crippen LogP contribution in [0.15, 0.2) is 30.3 Å². The first-order chi connectivity index (χ1) is 10.2. The number of hydrogen-bond donors (Lipinski definition) is 1. The third-order valence-electron chi connectivity index (χ3n) is 4.98. The fourth-order valence-corrected chi connectivity index (χ4v) is 3.76. The maximum atomic E-state index is 13.1. The molecule has 0 aromatic heterocycles. The smallest absolute Gasteiger partial charge is 0.259 e. The van der Waals surface area contributed by atoms with E-state index in [1.54, 1.807) is 0 Å². The minimum atomic E-state index is -1.34. The van der Waals surface area contributed by atoms with Crippen LogP contribution in [-0.4, -0.2) is 29.0 Å². The Labute approximate surface area is 127 Å². The van der Waals surface area contributed by atoms with Gasteiger partial charge in [-0.3, -0.25) is 4.79 Å². The van der Waals surface area contributed by atoms with Gasteiger partial charge in [0.05, 0.1) is 0 Å². The zero-order chi connectivity index (χ0) is 14.7. The highest BCUT2D eigenvalue weighted by molar-refractivity contribution is 5.87. The minimum absolute atomic E-state index is 0.0540. The number of aliphatic hydroxyl groups is 1. The van der Waals surface area contributed by atoms with Gasteiger partial charge in [0, 0.05) is 19.0 Å². The maximum absolute atomic E-state index is 13.1. The Morgan fingerprint density at radius 3 is 2.33 bits per heavy atom. The predicted octanol–water partition coefficient (Wildman–Crippen LogP) is 2.89. The second kappa shape index (κ2) is 6.18. The van der Waals surface area contributed by atoms with E-state index in [1.807, 2.05) is 35.2 Å². The number of carbonyl (C=O) groups excluding carboxylic acids is 1. The Morgan fingerprint density at radius 1 is 1.10 bits per heavy atom. The van der Waals surface area contributed by atoms with E-state index in [-0.39, 0.29) is 11.8 Å². The van der Waals surface area contributed by atoms with Crippen LogP contribution in [-0.2, 0) is 10.4 Å². The summed E-state index contributed by atoms with van der Waals surface area (Å²) in [7, 11) is 0. The highest BCUT2D eigenvalue weighted by atomic mass is 16.3. The van der Waals surface area contributed by atoms with Crippen molar-refractivity contribution in [3.8, 4) is 0 Å². The van der Waals surface area contributed by atoms with Gasteiger partial charge in [-0.2, -0.15) is 0 Å². The molecule has 1 saturated carbocycles. The fraction of sp³-hybridized carbons (Fsp3) is 0.556. The first-order valence-corrected chi connectivity index (χ1v) is 8.12. The van der Waals surface area contributed by atoms with Crippen molar-refractivity contribution in [1.29, 1.82) is 0 Å². The predicted molar refractivity (Wildman–Crippen MR) is 82.4 cm³/mol. The highest BCUT2D eigenvalue weighted by Crippen LogP contribution is 2.42. The van der Waals surface area contributed by atoms with Crippen LogP contribution in [0.2, 0.25) is 0 Å². The lowest BCUT2D eigenvalue weighted by molar-refractivity contribution is -0.159. The molecule has 1 radical (unpaired) electrons. The van der Waals surface area contributed by atoms with Crippen molar-refractivity contribution in [1.82, 2.24) is 4.90 Å². The maximum Gasteiger partial charge on any atom is 0.259 e. The molecule has 0 bridgehead atoms. The Bertz CT molecular complexity index is 475. The summed E-state index contributed by atoms with van der Waals surface area (Å²) in [5, 5.41) is 11.4. The Hall–Kier alpha value is -1.35. The largest absolute Gasteiger partial charge is 0.375 e. The number of piperidine rings is 1. The summed E-state index contributed by atoms with van der Waals surface area (Å²) in [5.41, 5.74) is -0.578. The molecule has 1 aliphatic carbocycles. The fourth-order valence-electron chi connectivity index (χ4n) is 3.76. The lowest BCUT2D eigenvalue weighted by Crippen LogP contribution is -2.52. The molecule has 1 amide bonds. The lowest BCUT2D eigenvalue weighted by atomic mass is 9.78. The average molecular weight is 286 g/mol. The monoisotopic (exact) mass is 286 g/mol. The summed E-state index contributed by atoms with van der Waals surface area (Å²) in [6, 6.07) is 9.54. The molecule has 0 unspecified atom stereocenters. The Morgan fingerprint density at radius 2 is 1.71 bits per heavy atom. The molecule has 2 aliphatic rings. The second-order valence-corrected chi connectivity index (χ2v) is 6.27. The molecule has 0 spiro atoms. The number of carbonyl (C=O) groups is 1. The third kappa shape index (κ3) is 2.71. The quantitative estimate of drug-likeness (QED) is 0.928. The summed E-state index contributed by atoms with van der Waals surface area (Å²) in [5.74, 6) is -0.0352. The number of hydrogen-bond acceptors (Lipinski definition) is 2. The number of nitrogens with zero attached hydrogens (tertiary/aromatic N) is 1. The molecule has 1 atom stereocenters. The normalized spacial score (nSPS) is 23.0. The van der Waals surface area contributed by atoms with E-state index in [0.29, 0.717) is 0 Å². The lowest BCUT2D eigenvalue weighted by Gasteiger charge is -2.39. The molecule has 113 valence electrons. The molecule has 3 rings (SSSR count). The van der Waals surface area contributed by atoms with E-state index in [2.05, 4.69) is 6.42 Å². The minimum Gasteiger partial charge on any atom is -0.375 e.